The molecular weight excluding hydrogens is 214 g/mol. The highest BCUT2D eigenvalue weighted by Crippen LogP contribution is 2.15. The van der Waals surface area contributed by atoms with Gasteiger partial charge in [0.25, 0.3) is 0 Å². The first-order chi connectivity index (χ1) is 8.13. The maximum absolute atomic E-state index is 11.8. The van der Waals surface area contributed by atoms with Crippen LogP contribution in [0.15, 0.2) is 0 Å². The molecule has 4 heteroatoms. The lowest BCUT2D eigenvalue weighted by atomic mass is 10.0. The second-order valence-corrected chi connectivity index (χ2v) is 5.41. The Morgan fingerprint density at radius 1 is 1.59 bits per heavy atom. The minimum absolute atomic E-state index is 0.108. The number of nitrogens with one attached hydrogen (secondary N) is 1. The summed E-state index contributed by atoms with van der Waals surface area (Å²) < 4.78 is 0. The summed E-state index contributed by atoms with van der Waals surface area (Å²) in [5.41, 5.74) is 5.55. The Kier molecular flexibility index (Phi) is 6.34. The highest BCUT2D eigenvalue weighted by Gasteiger charge is 2.20. The van der Waals surface area contributed by atoms with Crippen molar-refractivity contribution in [3.8, 4) is 0 Å². The van der Waals surface area contributed by atoms with Crippen molar-refractivity contribution < 1.29 is 4.79 Å². The summed E-state index contributed by atoms with van der Waals surface area (Å²) in [6, 6.07) is 0.108. The normalized spacial score (nSPS) is 22.3. The minimum atomic E-state index is 0.108. The van der Waals surface area contributed by atoms with Crippen LogP contribution in [0.4, 0.5) is 4.79 Å². The van der Waals surface area contributed by atoms with Gasteiger partial charge in [0.05, 0.1) is 0 Å². The minimum Gasteiger partial charge on any atom is -0.338 e. The maximum atomic E-state index is 11.8. The van der Waals surface area contributed by atoms with Crippen LogP contribution in [-0.2, 0) is 0 Å². The van der Waals surface area contributed by atoms with E-state index < -0.39 is 0 Å². The smallest absolute Gasteiger partial charge is 0.317 e. The van der Waals surface area contributed by atoms with E-state index in [1.54, 1.807) is 0 Å². The van der Waals surface area contributed by atoms with Gasteiger partial charge in [-0.05, 0) is 44.1 Å². The van der Waals surface area contributed by atoms with Gasteiger partial charge in [0.15, 0.2) is 0 Å². The second kappa shape index (κ2) is 7.54. The van der Waals surface area contributed by atoms with Gasteiger partial charge in [-0.2, -0.15) is 0 Å². The van der Waals surface area contributed by atoms with Gasteiger partial charge in [0.2, 0.25) is 0 Å². The highest BCUT2D eigenvalue weighted by atomic mass is 16.2. The van der Waals surface area contributed by atoms with Gasteiger partial charge < -0.3 is 16.0 Å². The van der Waals surface area contributed by atoms with Crippen molar-refractivity contribution in [1.29, 1.82) is 0 Å². The van der Waals surface area contributed by atoms with Crippen LogP contribution in [0.1, 0.15) is 39.5 Å². The third kappa shape index (κ3) is 5.39. The Bertz CT molecular complexity index is 233. The number of urea groups is 1. The summed E-state index contributed by atoms with van der Waals surface area (Å²) in [7, 11) is 0. The molecule has 1 rings (SSSR count). The monoisotopic (exact) mass is 241 g/mol. The van der Waals surface area contributed by atoms with Crippen LogP contribution in [0.25, 0.3) is 0 Å². The molecule has 3 N–H and O–H groups in total. The molecule has 2 atom stereocenters. The van der Waals surface area contributed by atoms with Gasteiger partial charge in [0.1, 0.15) is 0 Å². The molecule has 0 bridgehead atoms. The van der Waals surface area contributed by atoms with E-state index >= 15 is 0 Å². The average Bonchev–Trinajstić information content (AvgIpc) is 2.34. The third-order valence-corrected chi connectivity index (χ3v) is 3.50. The molecule has 1 aliphatic rings. The molecule has 0 aromatic carbocycles. The molecule has 0 saturated carbocycles. The Morgan fingerprint density at radius 2 is 2.35 bits per heavy atom. The number of nitrogens with zero attached hydrogens (tertiary/aromatic N) is 1. The molecule has 1 fully saturated rings. The fourth-order valence-corrected chi connectivity index (χ4v) is 2.25. The highest BCUT2D eigenvalue weighted by molar-refractivity contribution is 5.74. The Morgan fingerprint density at radius 3 is 3.00 bits per heavy atom. The standard InChI is InChI=1S/C13H27N3O/c1-11(9-14)5-3-7-15-13(17)16-8-4-6-12(2)10-16/h11-12H,3-10,14H2,1-2H3,(H,15,17). The molecule has 1 heterocycles. The first kappa shape index (κ1) is 14.3. The van der Waals surface area contributed by atoms with Crippen molar-refractivity contribution in [3.05, 3.63) is 0 Å². The second-order valence-electron chi connectivity index (χ2n) is 5.41. The summed E-state index contributed by atoms with van der Waals surface area (Å²) in [6.45, 7) is 7.68. The summed E-state index contributed by atoms with van der Waals surface area (Å²) in [6.07, 6.45) is 4.50. The molecule has 0 aromatic heterocycles. The van der Waals surface area contributed by atoms with Crippen molar-refractivity contribution >= 4 is 6.03 Å². The van der Waals surface area contributed by atoms with Gasteiger partial charge in [-0.1, -0.05) is 13.8 Å². The van der Waals surface area contributed by atoms with E-state index in [0.717, 1.165) is 45.4 Å². The summed E-state index contributed by atoms with van der Waals surface area (Å²) in [5.74, 6) is 1.20. The molecule has 17 heavy (non-hydrogen) atoms. The Labute approximate surface area is 105 Å². The molecular formula is C13H27N3O. The van der Waals surface area contributed by atoms with Crippen LogP contribution in [0.5, 0.6) is 0 Å². The van der Waals surface area contributed by atoms with Gasteiger partial charge in [-0.25, -0.2) is 4.79 Å². The quantitative estimate of drug-likeness (QED) is 0.721. The van der Waals surface area contributed by atoms with E-state index in [4.69, 9.17) is 5.73 Å². The number of hydrogen-bond acceptors (Lipinski definition) is 2. The molecule has 2 amide bonds. The topological polar surface area (TPSA) is 58.4 Å². The Balaban J connectivity index is 2.12. The van der Waals surface area contributed by atoms with Crippen LogP contribution in [0.3, 0.4) is 0 Å². The van der Waals surface area contributed by atoms with Crippen molar-refractivity contribution in [1.82, 2.24) is 10.2 Å². The first-order valence-corrected chi connectivity index (χ1v) is 6.86. The zero-order chi connectivity index (χ0) is 12.7. The predicted octanol–water partition coefficient (Wildman–Crippen LogP) is 1.80. The van der Waals surface area contributed by atoms with E-state index in [1.807, 2.05) is 4.90 Å². The summed E-state index contributed by atoms with van der Waals surface area (Å²) in [5, 5.41) is 3.00. The number of rotatable bonds is 5. The number of nitrogens with two attached hydrogens (primary N) is 1. The van der Waals surface area contributed by atoms with Gasteiger partial charge in [-0.15, -0.1) is 0 Å². The molecule has 2 unspecified atom stereocenters. The fourth-order valence-electron chi connectivity index (χ4n) is 2.25. The van der Waals surface area contributed by atoms with Crippen molar-refractivity contribution in [3.63, 3.8) is 0 Å². The Hall–Kier alpha value is -0.770. The first-order valence-electron chi connectivity index (χ1n) is 6.86. The fraction of sp³-hybridized carbons (Fsp3) is 0.923. The molecule has 0 spiro atoms. The number of amides is 2. The number of piperidine rings is 1. The van der Waals surface area contributed by atoms with Crippen molar-refractivity contribution in [2.24, 2.45) is 17.6 Å². The van der Waals surface area contributed by atoms with E-state index in [0.29, 0.717) is 11.8 Å². The summed E-state index contributed by atoms with van der Waals surface area (Å²) >= 11 is 0. The van der Waals surface area contributed by atoms with Crippen LogP contribution >= 0.6 is 0 Å². The van der Waals surface area contributed by atoms with E-state index in [2.05, 4.69) is 19.2 Å². The van der Waals surface area contributed by atoms with Gasteiger partial charge in [-0.3, -0.25) is 0 Å². The third-order valence-electron chi connectivity index (χ3n) is 3.50. The lowest BCUT2D eigenvalue weighted by molar-refractivity contribution is 0.169. The van der Waals surface area contributed by atoms with Crippen LogP contribution in [0, 0.1) is 11.8 Å². The molecule has 1 aliphatic heterocycles. The number of carbonyl (C=O) groups excluding carboxylic acids is 1. The molecule has 4 nitrogen and oxygen atoms in total. The van der Waals surface area contributed by atoms with Gasteiger partial charge >= 0.3 is 6.03 Å². The molecule has 1 saturated heterocycles. The van der Waals surface area contributed by atoms with E-state index in [-0.39, 0.29) is 6.03 Å². The zero-order valence-corrected chi connectivity index (χ0v) is 11.2. The molecule has 0 aromatic rings. The number of likely N-dealkylation sites (tertiary alicyclic amines) is 1. The van der Waals surface area contributed by atoms with Crippen molar-refractivity contribution in [2.75, 3.05) is 26.2 Å². The average molecular weight is 241 g/mol. The van der Waals surface area contributed by atoms with Crippen LogP contribution < -0.4 is 11.1 Å². The number of carbonyl (C=O) groups is 1. The SMILES string of the molecule is CC(CN)CCCNC(=O)N1CCCC(C)C1. The molecule has 0 radical (unpaired) electrons. The largest absolute Gasteiger partial charge is 0.338 e. The van der Waals surface area contributed by atoms with Crippen LogP contribution in [0.2, 0.25) is 0 Å². The lowest BCUT2D eigenvalue weighted by Gasteiger charge is -2.31. The number of hydrogen-bond donors (Lipinski definition) is 2. The molecule has 100 valence electrons. The zero-order valence-electron chi connectivity index (χ0n) is 11.2. The molecule has 0 aliphatic carbocycles. The van der Waals surface area contributed by atoms with Crippen LogP contribution in [-0.4, -0.2) is 37.1 Å². The van der Waals surface area contributed by atoms with Gasteiger partial charge in [0, 0.05) is 19.6 Å². The van der Waals surface area contributed by atoms with E-state index in [9.17, 15) is 4.79 Å². The maximum Gasteiger partial charge on any atom is 0.317 e. The predicted molar refractivity (Wildman–Crippen MR) is 70.8 cm³/mol. The summed E-state index contributed by atoms with van der Waals surface area (Å²) in [4.78, 5) is 13.8. The van der Waals surface area contributed by atoms with E-state index in [1.165, 1.54) is 6.42 Å². The lowest BCUT2D eigenvalue weighted by Crippen LogP contribution is -2.45. The van der Waals surface area contributed by atoms with Crippen molar-refractivity contribution in [2.45, 2.75) is 39.5 Å².